The van der Waals surface area contributed by atoms with Gasteiger partial charge in [0.1, 0.15) is 0 Å². The Morgan fingerprint density at radius 1 is 1.32 bits per heavy atom. The number of aromatic nitrogens is 3. The zero-order valence-electron chi connectivity index (χ0n) is 15.9. The summed E-state index contributed by atoms with van der Waals surface area (Å²) in [6.45, 7) is 4.03. The molecule has 2 fully saturated rings. The van der Waals surface area contributed by atoms with Crippen molar-refractivity contribution >= 4 is 11.9 Å². The van der Waals surface area contributed by atoms with E-state index in [1.807, 2.05) is 17.9 Å². The Labute approximate surface area is 163 Å². The molecule has 2 saturated heterocycles. The molecule has 1 amide bonds. The zero-order chi connectivity index (χ0) is 19.7. The average molecular weight is 384 g/mol. The number of aromatic carboxylic acids is 1. The highest BCUT2D eigenvalue weighted by molar-refractivity contribution is 5.88. The second kappa shape index (κ2) is 7.71. The van der Waals surface area contributed by atoms with Crippen LogP contribution in [0.1, 0.15) is 66.6 Å². The number of hydrogen-bond acceptors (Lipinski definition) is 5. The zero-order valence-corrected chi connectivity index (χ0v) is 15.9. The van der Waals surface area contributed by atoms with Crippen molar-refractivity contribution in [3.8, 4) is 5.69 Å². The van der Waals surface area contributed by atoms with Gasteiger partial charge in [-0.25, -0.2) is 14.5 Å². The van der Waals surface area contributed by atoms with E-state index in [0.29, 0.717) is 37.7 Å². The van der Waals surface area contributed by atoms with Gasteiger partial charge in [-0.1, -0.05) is 6.07 Å². The summed E-state index contributed by atoms with van der Waals surface area (Å²) in [4.78, 5) is 30.3. The van der Waals surface area contributed by atoms with Crippen molar-refractivity contribution in [3.05, 3.63) is 41.5 Å². The van der Waals surface area contributed by atoms with Crippen LogP contribution in [0.2, 0.25) is 0 Å². The fourth-order valence-electron chi connectivity index (χ4n) is 3.92. The third-order valence-corrected chi connectivity index (χ3v) is 5.52. The molecule has 0 spiro atoms. The largest absolute Gasteiger partial charge is 0.478 e. The van der Waals surface area contributed by atoms with Crippen LogP contribution >= 0.6 is 0 Å². The Hall–Kier alpha value is -2.74. The predicted octanol–water partition coefficient (Wildman–Crippen LogP) is 2.54. The molecule has 2 aliphatic heterocycles. The maximum atomic E-state index is 12.3. The standard InChI is InChI=1S/C20H24N4O4/c1-13(23-9-3-6-17(23)25)19-21-18(14-7-10-28-11-8-14)22-24(19)16-5-2-4-15(12-16)20(26)27/h2,4-5,12-14H,3,6-11H2,1H3,(H,26,27). The van der Waals surface area contributed by atoms with Gasteiger partial charge in [0, 0.05) is 32.1 Å². The maximum Gasteiger partial charge on any atom is 0.335 e. The number of benzene rings is 1. The molecule has 0 bridgehead atoms. The molecule has 8 heteroatoms. The molecule has 1 N–H and O–H groups in total. The molecule has 148 valence electrons. The SMILES string of the molecule is CC(c1nc(C2CCOCC2)nn1-c1cccc(C(=O)O)c1)N1CCCC1=O. The van der Waals surface area contributed by atoms with Crippen LogP contribution in [0.15, 0.2) is 24.3 Å². The molecule has 2 aromatic rings. The van der Waals surface area contributed by atoms with E-state index >= 15 is 0 Å². The van der Waals surface area contributed by atoms with Crippen molar-refractivity contribution in [1.82, 2.24) is 19.7 Å². The van der Waals surface area contributed by atoms with Gasteiger partial charge < -0.3 is 14.7 Å². The molecule has 0 saturated carbocycles. The van der Waals surface area contributed by atoms with Crippen molar-refractivity contribution in [1.29, 1.82) is 0 Å². The second-order valence-corrected chi connectivity index (χ2v) is 7.35. The van der Waals surface area contributed by atoms with Crippen molar-refractivity contribution in [2.75, 3.05) is 19.8 Å². The van der Waals surface area contributed by atoms with Crippen LogP contribution in [-0.4, -0.2) is 56.4 Å². The Morgan fingerprint density at radius 2 is 2.11 bits per heavy atom. The summed E-state index contributed by atoms with van der Waals surface area (Å²) in [6, 6.07) is 6.42. The molecular weight excluding hydrogens is 360 g/mol. The lowest BCUT2D eigenvalue weighted by molar-refractivity contribution is -0.129. The van der Waals surface area contributed by atoms with Gasteiger partial charge >= 0.3 is 5.97 Å². The number of rotatable bonds is 5. The molecule has 0 radical (unpaired) electrons. The third-order valence-electron chi connectivity index (χ3n) is 5.52. The lowest BCUT2D eigenvalue weighted by atomic mass is 10.00. The van der Waals surface area contributed by atoms with Gasteiger partial charge in [-0.05, 0) is 44.4 Å². The number of carboxylic acids is 1. The normalized spacial score (nSPS) is 19.2. The smallest absolute Gasteiger partial charge is 0.335 e. The van der Waals surface area contributed by atoms with Gasteiger partial charge in [0.15, 0.2) is 11.6 Å². The Kier molecular flexibility index (Phi) is 5.13. The highest BCUT2D eigenvalue weighted by atomic mass is 16.5. The third kappa shape index (κ3) is 3.52. The van der Waals surface area contributed by atoms with Crippen molar-refractivity contribution in [3.63, 3.8) is 0 Å². The molecule has 2 aliphatic rings. The quantitative estimate of drug-likeness (QED) is 0.851. The summed E-state index contributed by atoms with van der Waals surface area (Å²) in [5, 5.41) is 14.1. The van der Waals surface area contributed by atoms with Crippen LogP contribution in [0.4, 0.5) is 0 Å². The fraction of sp³-hybridized carbons (Fsp3) is 0.500. The molecule has 8 nitrogen and oxygen atoms in total. The highest BCUT2D eigenvalue weighted by Gasteiger charge is 2.31. The number of carboxylic acid groups (broad SMARTS) is 1. The molecule has 4 rings (SSSR count). The summed E-state index contributed by atoms with van der Waals surface area (Å²) >= 11 is 0. The summed E-state index contributed by atoms with van der Waals surface area (Å²) in [5.74, 6) is 0.736. The van der Waals surface area contributed by atoms with Crippen molar-refractivity contribution in [2.45, 2.75) is 44.6 Å². The van der Waals surface area contributed by atoms with Crippen molar-refractivity contribution < 1.29 is 19.4 Å². The van der Waals surface area contributed by atoms with Crippen molar-refractivity contribution in [2.24, 2.45) is 0 Å². The first-order valence-corrected chi connectivity index (χ1v) is 9.72. The minimum Gasteiger partial charge on any atom is -0.478 e. The lowest BCUT2D eigenvalue weighted by Crippen LogP contribution is -2.30. The first-order valence-electron chi connectivity index (χ1n) is 9.72. The number of nitrogens with zero attached hydrogens (tertiary/aromatic N) is 4. The van der Waals surface area contributed by atoms with Gasteiger partial charge in [0.05, 0.1) is 17.3 Å². The van der Waals surface area contributed by atoms with Crippen LogP contribution in [0, 0.1) is 0 Å². The second-order valence-electron chi connectivity index (χ2n) is 7.35. The predicted molar refractivity (Wildman–Crippen MR) is 100 cm³/mol. The number of ether oxygens (including phenoxy) is 1. The van der Waals surface area contributed by atoms with Crippen LogP contribution in [-0.2, 0) is 9.53 Å². The number of likely N-dealkylation sites (tertiary alicyclic amines) is 1. The van der Waals surface area contributed by atoms with Gasteiger partial charge in [0.25, 0.3) is 0 Å². The van der Waals surface area contributed by atoms with Crippen LogP contribution < -0.4 is 0 Å². The molecule has 1 atom stereocenters. The lowest BCUT2D eigenvalue weighted by Gasteiger charge is -2.23. The van der Waals surface area contributed by atoms with Gasteiger partial charge in [-0.15, -0.1) is 0 Å². The Balaban J connectivity index is 1.76. The monoisotopic (exact) mass is 384 g/mol. The summed E-state index contributed by atoms with van der Waals surface area (Å²) < 4.78 is 7.15. The Bertz CT molecular complexity index is 888. The van der Waals surface area contributed by atoms with E-state index in [4.69, 9.17) is 14.8 Å². The number of carbonyl (C=O) groups is 2. The molecule has 1 aromatic carbocycles. The van der Waals surface area contributed by atoms with E-state index in [9.17, 15) is 14.7 Å². The van der Waals surface area contributed by atoms with E-state index in [0.717, 1.165) is 25.1 Å². The van der Waals surface area contributed by atoms with E-state index in [1.165, 1.54) is 0 Å². The summed E-state index contributed by atoms with van der Waals surface area (Å²) in [7, 11) is 0. The van der Waals surface area contributed by atoms with Gasteiger partial charge in [0.2, 0.25) is 5.91 Å². The molecule has 1 aromatic heterocycles. The molecule has 3 heterocycles. The highest BCUT2D eigenvalue weighted by Crippen LogP contribution is 2.30. The number of amides is 1. The van der Waals surface area contributed by atoms with Crippen LogP contribution in [0.5, 0.6) is 0 Å². The van der Waals surface area contributed by atoms with E-state index in [-0.39, 0.29) is 23.4 Å². The van der Waals surface area contributed by atoms with Crippen LogP contribution in [0.25, 0.3) is 5.69 Å². The first-order chi connectivity index (χ1) is 13.5. The minimum absolute atomic E-state index is 0.119. The molecule has 1 unspecified atom stereocenters. The van der Waals surface area contributed by atoms with E-state index in [2.05, 4.69) is 0 Å². The van der Waals surface area contributed by atoms with E-state index in [1.54, 1.807) is 22.9 Å². The topological polar surface area (TPSA) is 97.6 Å². The summed E-state index contributed by atoms with van der Waals surface area (Å²) in [6.07, 6.45) is 3.11. The average Bonchev–Trinajstić information content (AvgIpc) is 3.35. The maximum absolute atomic E-state index is 12.3. The molecular formula is C20H24N4O4. The molecule has 0 aliphatic carbocycles. The number of hydrogen-bond donors (Lipinski definition) is 1. The minimum atomic E-state index is -0.990. The Morgan fingerprint density at radius 3 is 2.79 bits per heavy atom. The first kappa shape index (κ1) is 18.6. The van der Waals surface area contributed by atoms with Gasteiger partial charge in [-0.3, -0.25) is 4.79 Å². The van der Waals surface area contributed by atoms with Gasteiger partial charge in [-0.2, -0.15) is 5.10 Å². The van der Waals surface area contributed by atoms with E-state index < -0.39 is 5.97 Å². The van der Waals surface area contributed by atoms with Crippen LogP contribution in [0.3, 0.4) is 0 Å². The molecule has 28 heavy (non-hydrogen) atoms. The summed E-state index contributed by atoms with van der Waals surface area (Å²) in [5.41, 5.74) is 0.829. The number of carbonyl (C=O) groups excluding carboxylic acids is 1. The fourth-order valence-corrected chi connectivity index (χ4v) is 3.92.